The van der Waals surface area contributed by atoms with Gasteiger partial charge in [0.25, 0.3) is 0 Å². The predicted molar refractivity (Wildman–Crippen MR) is 132 cm³/mol. The van der Waals surface area contributed by atoms with Crippen LogP contribution in [0.5, 0.6) is 0 Å². The summed E-state index contributed by atoms with van der Waals surface area (Å²) in [6, 6.07) is -0.875. The highest BCUT2D eigenvalue weighted by atomic mass is 17.2. The third-order valence-corrected chi connectivity index (χ3v) is 5.76. The minimum Gasteiger partial charge on any atom is -0.330 e. The molecule has 7 nitrogen and oxygen atoms in total. The average Bonchev–Trinajstić information content (AvgIpc) is 2.79. The van der Waals surface area contributed by atoms with Gasteiger partial charge in [-0.15, -0.1) is 0 Å². The zero-order valence-corrected chi connectivity index (χ0v) is 21.0. The lowest BCUT2D eigenvalue weighted by Gasteiger charge is -2.13. The first-order valence-corrected chi connectivity index (χ1v) is 13.0. The van der Waals surface area contributed by atoms with Crippen LogP contribution in [0.2, 0.25) is 0 Å². The van der Waals surface area contributed by atoms with Crippen molar-refractivity contribution in [3.8, 4) is 0 Å². The van der Waals surface area contributed by atoms with Gasteiger partial charge in [0.1, 0.15) is 17.7 Å². The second-order valence-electron chi connectivity index (χ2n) is 8.88. The van der Waals surface area contributed by atoms with Crippen LogP contribution >= 0.6 is 0 Å². The summed E-state index contributed by atoms with van der Waals surface area (Å²) >= 11 is 0. The molecule has 0 spiro atoms. The quantitative estimate of drug-likeness (QED) is 0.0771. The summed E-state index contributed by atoms with van der Waals surface area (Å²) in [5.74, 6) is -2.85. The Balaban J connectivity index is 3.90. The molecular weight excluding hydrogens is 420 g/mol. The Morgan fingerprint density at radius 2 is 1.24 bits per heavy atom. The first-order valence-electron chi connectivity index (χ1n) is 13.0. The van der Waals surface area contributed by atoms with E-state index in [4.69, 9.17) is 11.5 Å². The van der Waals surface area contributed by atoms with Gasteiger partial charge in [0, 0.05) is 0 Å². The molecule has 33 heavy (non-hydrogen) atoms. The zero-order valence-electron chi connectivity index (χ0n) is 21.0. The van der Waals surface area contributed by atoms with Crippen molar-refractivity contribution in [3.63, 3.8) is 0 Å². The first kappa shape index (κ1) is 31.3. The number of rotatable bonds is 21. The summed E-state index contributed by atoms with van der Waals surface area (Å²) in [4.78, 5) is 44.9. The lowest BCUT2D eigenvalue weighted by atomic mass is 9.97. The first-order chi connectivity index (χ1) is 15.9. The standard InChI is InChI=1S/C26H48N2O5/c1-3-4-5-6-7-8-9-10-11-12-13-14-15-16-19-23(22(2)29)25(30)32-33-26(31)24(28)20-17-18-21-27/h10-11,23-24H,3-9,12-21,27-28H2,1-2H3/b11-10-. The van der Waals surface area contributed by atoms with Crippen molar-refractivity contribution in [2.45, 2.75) is 123 Å². The molecule has 0 amide bonds. The molecule has 0 saturated heterocycles. The van der Waals surface area contributed by atoms with Crippen LogP contribution in [-0.2, 0) is 24.2 Å². The van der Waals surface area contributed by atoms with Crippen molar-refractivity contribution in [1.29, 1.82) is 0 Å². The Bertz CT molecular complexity index is 551. The van der Waals surface area contributed by atoms with Gasteiger partial charge in [-0.25, -0.2) is 19.4 Å². The Kier molecular flexibility index (Phi) is 20.9. The number of hydrogen-bond acceptors (Lipinski definition) is 7. The molecule has 0 aromatic rings. The van der Waals surface area contributed by atoms with Crippen LogP contribution in [0.25, 0.3) is 0 Å². The van der Waals surface area contributed by atoms with Crippen LogP contribution in [0.4, 0.5) is 0 Å². The topological polar surface area (TPSA) is 122 Å². The summed E-state index contributed by atoms with van der Waals surface area (Å²) in [6.45, 7) is 4.11. The number of carbonyl (C=O) groups is 3. The number of ketones is 1. The van der Waals surface area contributed by atoms with Crippen LogP contribution in [0, 0.1) is 5.92 Å². The van der Waals surface area contributed by atoms with Crippen LogP contribution in [-0.4, -0.2) is 30.3 Å². The van der Waals surface area contributed by atoms with E-state index in [9.17, 15) is 14.4 Å². The molecule has 0 aliphatic rings. The number of unbranched alkanes of at least 4 members (excludes halogenated alkanes) is 11. The third kappa shape index (κ3) is 18.4. The molecule has 0 bridgehead atoms. The number of nitrogens with two attached hydrogens (primary N) is 2. The van der Waals surface area contributed by atoms with Crippen LogP contribution < -0.4 is 11.5 Å². The molecule has 7 heteroatoms. The summed E-state index contributed by atoms with van der Waals surface area (Å²) in [7, 11) is 0. The van der Waals surface area contributed by atoms with E-state index in [1.54, 1.807) is 0 Å². The molecule has 0 rings (SSSR count). The Morgan fingerprint density at radius 1 is 0.727 bits per heavy atom. The Labute approximate surface area is 200 Å². The van der Waals surface area contributed by atoms with Gasteiger partial charge in [0.2, 0.25) is 0 Å². The van der Waals surface area contributed by atoms with E-state index in [1.807, 2.05) is 0 Å². The van der Waals surface area contributed by atoms with E-state index < -0.39 is 23.9 Å². The molecule has 2 unspecified atom stereocenters. The summed E-state index contributed by atoms with van der Waals surface area (Å²) in [6.07, 6.45) is 20.8. The second-order valence-corrected chi connectivity index (χ2v) is 8.88. The lowest BCUT2D eigenvalue weighted by molar-refractivity contribution is -0.262. The highest BCUT2D eigenvalue weighted by Crippen LogP contribution is 2.15. The smallest absolute Gasteiger partial charge is 0.330 e. The molecule has 0 aromatic heterocycles. The molecular formula is C26H48N2O5. The van der Waals surface area contributed by atoms with Gasteiger partial charge >= 0.3 is 11.9 Å². The van der Waals surface area contributed by atoms with E-state index in [2.05, 4.69) is 28.9 Å². The highest BCUT2D eigenvalue weighted by molar-refractivity contribution is 5.97. The monoisotopic (exact) mass is 468 g/mol. The van der Waals surface area contributed by atoms with Gasteiger partial charge in [0.15, 0.2) is 0 Å². The fourth-order valence-electron chi connectivity index (χ4n) is 3.56. The lowest BCUT2D eigenvalue weighted by Crippen LogP contribution is -2.34. The van der Waals surface area contributed by atoms with Crippen LogP contribution in [0.15, 0.2) is 12.2 Å². The molecule has 2 atom stereocenters. The molecule has 0 saturated carbocycles. The van der Waals surface area contributed by atoms with Crippen molar-refractivity contribution in [3.05, 3.63) is 12.2 Å². The van der Waals surface area contributed by atoms with Crippen molar-refractivity contribution < 1.29 is 24.2 Å². The molecule has 0 aliphatic carbocycles. The SMILES string of the molecule is CCCCCCCC/C=C\CCCCCCC(C(C)=O)C(=O)OOC(=O)C(N)CCCCN. The van der Waals surface area contributed by atoms with E-state index in [0.717, 1.165) is 44.9 Å². The maximum absolute atomic E-state index is 12.2. The molecule has 0 heterocycles. The Hall–Kier alpha value is -1.73. The predicted octanol–water partition coefficient (Wildman–Crippen LogP) is 5.30. The number of hydrogen-bond donors (Lipinski definition) is 2. The molecule has 192 valence electrons. The fourth-order valence-corrected chi connectivity index (χ4v) is 3.56. The highest BCUT2D eigenvalue weighted by Gasteiger charge is 2.27. The minimum atomic E-state index is -0.913. The van der Waals surface area contributed by atoms with E-state index >= 15 is 0 Å². The van der Waals surface area contributed by atoms with Gasteiger partial charge in [0.05, 0.1) is 0 Å². The van der Waals surface area contributed by atoms with Gasteiger partial charge in [-0.3, -0.25) is 4.79 Å². The normalized spacial score (nSPS) is 13.1. The van der Waals surface area contributed by atoms with E-state index in [1.165, 1.54) is 45.4 Å². The maximum atomic E-state index is 12.2. The van der Waals surface area contributed by atoms with Gasteiger partial charge in [-0.1, -0.05) is 76.9 Å². The minimum absolute atomic E-state index is 0.291. The molecule has 0 aromatic carbocycles. The van der Waals surface area contributed by atoms with Crippen LogP contribution in [0.1, 0.15) is 117 Å². The molecule has 4 N–H and O–H groups in total. The van der Waals surface area contributed by atoms with Crippen LogP contribution in [0.3, 0.4) is 0 Å². The van der Waals surface area contributed by atoms with Gasteiger partial charge in [-0.05, 0) is 58.4 Å². The molecule has 0 aliphatic heterocycles. The summed E-state index contributed by atoms with van der Waals surface area (Å²) < 4.78 is 0. The average molecular weight is 469 g/mol. The van der Waals surface area contributed by atoms with Crippen molar-refractivity contribution >= 4 is 17.7 Å². The van der Waals surface area contributed by atoms with Crippen molar-refractivity contribution in [2.75, 3.05) is 6.54 Å². The summed E-state index contributed by atoms with van der Waals surface area (Å²) in [5, 5.41) is 0. The van der Waals surface area contributed by atoms with Crippen molar-refractivity contribution in [2.24, 2.45) is 17.4 Å². The molecule has 0 fully saturated rings. The number of carbonyl (C=O) groups excluding carboxylic acids is 3. The summed E-state index contributed by atoms with van der Waals surface area (Å²) in [5.41, 5.74) is 11.1. The maximum Gasteiger partial charge on any atom is 0.372 e. The molecule has 0 radical (unpaired) electrons. The van der Waals surface area contributed by atoms with E-state index in [0.29, 0.717) is 25.8 Å². The largest absolute Gasteiger partial charge is 0.372 e. The third-order valence-electron chi connectivity index (χ3n) is 5.76. The van der Waals surface area contributed by atoms with Crippen molar-refractivity contribution in [1.82, 2.24) is 0 Å². The Morgan fingerprint density at radius 3 is 1.82 bits per heavy atom. The number of Topliss-reactive ketones (excluding diaryl/α,β-unsaturated/α-hetero) is 1. The van der Waals surface area contributed by atoms with E-state index in [-0.39, 0.29) is 5.78 Å². The van der Waals surface area contributed by atoms with Gasteiger partial charge in [-0.2, -0.15) is 0 Å². The second kappa shape index (κ2) is 22.1. The number of allylic oxidation sites excluding steroid dienone is 2. The fraction of sp³-hybridized carbons (Fsp3) is 0.808. The zero-order chi connectivity index (χ0) is 24.7. The van der Waals surface area contributed by atoms with Gasteiger partial charge < -0.3 is 11.5 Å².